The van der Waals surface area contributed by atoms with Crippen molar-refractivity contribution in [3.63, 3.8) is 0 Å². The zero-order chi connectivity index (χ0) is 14.7. The van der Waals surface area contributed by atoms with Gasteiger partial charge in [-0.3, -0.25) is 9.59 Å². The van der Waals surface area contributed by atoms with Gasteiger partial charge in [0.2, 0.25) is 0 Å². The highest BCUT2D eigenvalue weighted by Gasteiger charge is 2.13. The number of carbonyl (C=O) groups is 2. The van der Waals surface area contributed by atoms with E-state index in [0.29, 0.717) is 4.88 Å². The minimum Gasteiger partial charge on any atom is -0.496 e. The highest BCUT2D eigenvalue weighted by atomic mass is 32.1. The van der Waals surface area contributed by atoms with Crippen molar-refractivity contribution in [2.24, 2.45) is 0 Å². The number of aliphatic carboxylic acids is 1. The minimum absolute atomic E-state index is 0.0416. The van der Waals surface area contributed by atoms with Gasteiger partial charge in [-0.15, -0.1) is 11.3 Å². The molecule has 5 heteroatoms. The van der Waals surface area contributed by atoms with Crippen LogP contribution in [0.4, 0.5) is 0 Å². The van der Waals surface area contributed by atoms with Gasteiger partial charge in [0, 0.05) is 11.1 Å². The zero-order valence-corrected chi connectivity index (χ0v) is 12.3. The number of methoxy groups -OCH3 is 1. The number of Topliss-reactive ketones (excluding diaryl/α,β-unsaturated/α-hetero) is 1. The first-order chi connectivity index (χ1) is 9.55. The van der Waals surface area contributed by atoms with Crippen molar-refractivity contribution >= 4 is 33.2 Å². The molecular formula is C15H16O4S. The number of carboxylic acids is 1. The van der Waals surface area contributed by atoms with Crippen molar-refractivity contribution in [2.75, 3.05) is 7.11 Å². The average molecular weight is 292 g/mol. The number of benzene rings is 1. The zero-order valence-electron chi connectivity index (χ0n) is 11.4. The SMILES string of the molecule is CCc1cc2sc(C(=O)CCC(=O)O)cc2cc1OC. The Labute approximate surface area is 121 Å². The molecule has 1 aromatic carbocycles. The van der Waals surface area contributed by atoms with E-state index in [4.69, 9.17) is 9.84 Å². The molecule has 0 fully saturated rings. The lowest BCUT2D eigenvalue weighted by molar-refractivity contribution is -0.136. The molecule has 0 saturated heterocycles. The van der Waals surface area contributed by atoms with Gasteiger partial charge >= 0.3 is 5.97 Å². The lowest BCUT2D eigenvalue weighted by atomic mass is 10.1. The van der Waals surface area contributed by atoms with Gasteiger partial charge < -0.3 is 9.84 Å². The molecule has 0 saturated carbocycles. The maximum Gasteiger partial charge on any atom is 0.303 e. The molecule has 1 heterocycles. The fourth-order valence-corrected chi connectivity index (χ4v) is 3.13. The Bertz CT molecular complexity index is 616. The van der Waals surface area contributed by atoms with Gasteiger partial charge in [-0.25, -0.2) is 0 Å². The molecule has 0 radical (unpaired) electrons. The van der Waals surface area contributed by atoms with Gasteiger partial charge in [-0.2, -0.15) is 0 Å². The van der Waals surface area contributed by atoms with Gasteiger partial charge in [0.05, 0.1) is 18.4 Å². The summed E-state index contributed by atoms with van der Waals surface area (Å²) < 4.78 is 6.36. The lowest BCUT2D eigenvalue weighted by Crippen LogP contribution is -2.01. The van der Waals surface area contributed by atoms with E-state index in [0.717, 1.165) is 27.8 Å². The molecule has 2 aromatic rings. The highest BCUT2D eigenvalue weighted by molar-refractivity contribution is 7.20. The Hall–Kier alpha value is -1.88. The molecule has 1 aromatic heterocycles. The standard InChI is InChI=1S/C15H16O4S/c1-3-9-7-13-10(6-12(9)19-2)8-14(20-13)11(16)4-5-15(17)18/h6-8H,3-5H2,1-2H3,(H,17,18). The molecule has 0 unspecified atom stereocenters. The minimum atomic E-state index is -0.950. The first kappa shape index (κ1) is 14.5. The summed E-state index contributed by atoms with van der Waals surface area (Å²) in [6, 6.07) is 5.78. The van der Waals surface area contributed by atoms with Crippen LogP contribution >= 0.6 is 11.3 Å². The predicted octanol–water partition coefficient (Wildman–Crippen LogP) is 3.52. The maximum atomic E-state index is 11.9. The van der Waals surface area contributed by atoms with E-state index in [1.54, 1.807) is 7.11 Å². The van der Waals surface area contributed by atoms with Gasteiger partial charge in [0.25, 0.3) is 0 Å². The molecule has 0 spiro atoms. The molecule has 20 heavy (non-hydrogen) atoms. The number of carbonyl (C=O) groups excluding carboxylic acids is 1. The summed E-state index contributed by atoms with van der Waals surface area (Å²) in [6.45, 7) is 2.05. The smallest absolute Gasteiger partial charge is 0.303 e. The molecule has 0 aliphatic rings. The van der Waals surface area contributed by atoms with Gasteiger partial charge in [0.15, 0.2) is 5.78 Å². The second-order valence-electron chi connectivity index (χ2n) is 4.48. The van der Waals surface area contributed by atoms with Crippen LogP contribution in [0.1, 0.15) is 35.0 Å². The van der Waals surface area contributed by atoms with Crippen molar-refractivity contribution < 1.29 is 19.4 Å². The van der Waals surface area contributed by atoms with Crippen molar-refractivity contribution in [3.05, 3.63) is 28.6 Å². The third kappa shape index (κ3) is 2.99. The number of ketones is 1. The van der Waals surface area contributed by atoms with Crippen LogP contribution in [0.2, 0.25) is 0 Å². The summed E-state index contributed by atoms with van der Waals surface area (Å²) in [5, 5.41) is 9.58. The number of aryl methyl sites for hydroxylation is 1. The summed E-state index contributed by atoms with van der Waals surface area (Å²) in [5.74, 6) is -0.248. The van der Waals surface area contributed by atoms with Gasteiger partial charge in [0.1, 0.15) is 5.75 Å². The molecule has 0 aliphatic heterocycles. The van der Waals surface area contributed by atoms with E-state index in [2.05, 4.69) is 6.92 Å². The second kappa shape index (κ2) is 6.05. The Morgan fingerprint density at radius 3 is 2.60 bits per heavy atom. The monoisotopic (exact) mass is 292 g/mol. The van der Waals surface area contributed by atoms with Crippen LogP contribution in [-0.2, 0) is 11.2 Å². The van der Waals surface area contributed by atoms with Gasteiger partial charge in [-0.1, -0.05) is 6.92 Å². The molecule has 0 bridgehead atoms. The molecule has 0 atom stereocenters. The van der Waals surface area contributed by atoms with Gasteiger partial charge in [-0.05, 0) is 35.6 Å². The van der Waals surface area contributed by atoms with E-state index in [-0.39, 0.29) is 18.6 Å². The van der Waals surface area contributed by atoms with E-state index in [9.17, 15) is 9.59 Å². The van der Waals surface area contributed by atoms with Crippen LogP contribution in [0.3, 0.4) is 0 Å². The van der Waals surface area contributed by atoms with E-state index >= 15 is 0 Å². The van der Waals surface area contributed by atoms with Crippen molar-refractivity contribution in [1.29, 1.82) is 0 Å². The summed E-state index contributed by atoms with van der Waals surface area (Å²) in [7, 11) is 1.63. The number of carboxylic acid groups (broad SMARTS) is 1. The Balaban J connectivity index is 2.33. The van der Waals surface area contributed by atoms with Crippen LogP contribution in [0.25, 0.3) is 10.1 Å². The molecule has 106 valence electrons. The fourth-order valence-electron chi connectivity index (χ4n) is 2.06. The summed E-state index contributed by atoms with van der Waals surface area (Å²) in [6.07, 6.45) is 0.774. The highest BCUT2D eigenvalue weighted by Crippen LogP contribution is 2.33. The Kier molecular flexibility index (Phi) is 4.39. The first-order valence-electron chi connectivity index (χ1n) is 6.40. The number of hydrogen-bond acceptors (Lipinski definition) is 4. The molecule has 0 aliphatic carbocycles. The number of fused-ring (bicyclic) bond motifs is 1. The van der Waals surface area contributed by atoms with Crippen LogP contribution in [-0.4, -0.2) is 24.0 Å². The van der Waals surface area contributed by atoms with Crippen molar-refractivity contribution in [2.45, 2.75) is 26.2 Å². The Morgan fingerprint density at radius 2 is 2.00 bits per heavy atom. The van der Waals surface area contributed by atoms with Crippen molar-refractivity contribution in [1.82, 2.24) is 0 Å². The summed E-state index contributed by atoms with van der Waals surface area (Å²) in [5.41, 5.74) is 1.10. The van der Waals surface area contributed by atoms with Crippen LogP contribution in [0.5, 0.6) is 5.75 Å². The predicted molar refractivity (Wildman–Crippen MR) is 79.0 cm³/mol. The topological polar surface area (TPSA) is 63.6 Å². The van der Waals surface area contributed by atoms with E-state index in [1.807, 2.05) is 18.2 Å². The fraction of sp³-hybridized carbons (Fsp3) is 0.333. The average Bonchev–Trinajstić information content (AvgIpc) is 2.85. The quantitative estimate of drug-likeness (QED) is 0.827. The summed E-state index contributed by atoms with van der Waals surface area (Å²) >= 11 is 1.41. The molecule has 0 amide bonds. The lowest BCUT2D eigenvalue weighted by Gasteiger charge is -2.05. The second-order valence-corrected chi connectivity index (χ2v) is 5.57. The number of ether oxygens (including phenoxy) is 1. The Morgan fingerprint density at radius 1 is 1.25 bits per heavy atom. The van der Waals surface area contributed by atoms with Crippen LogP contribution < -0.4 is 4.74 Å². The van der Waals surface area contributed by atoms with Crippen molar-refractivity contribution in [3.8, 4) is 5.75 Å². The number of thiophene rings is 1. The third-order valence-corrected chi connectivity index (χ3v) is 4.28. The molecule has 1 N–H and O–H groups in total. The first-order valence-corrected chi connectivity index (χ1v) is 7.22. The molecule has 4 nitrogen and oxygen atoms in total. The summed E-state index contributed by atoms with van der Waals surface area (Å²) in [4.78, 5) is 23.1. The number of rotatable bonds is 6. The molecule has 2 rings (SSSR count). The normalized spacial score (nSPS) is 10.7. The third-order valence-electron chi connectivity index (χ3n) is 3.14. The molecular weight excluding hydrogens is 276 g/mol. The van der Waals surface area contributed by atoms with E-state index < -0.39 is 5.97 Å². The number of hydrogen-bond donors (Lipinski definition) is 1. The largest absolute Gasteiger partial charge is 0.496 e. The van der Waals surface area contributed by atoms with E-state index in [1.165, 1.54) is 11.3 Å². The maximum absolute atomic E-state index is 11.9. The van der Waals surface area contributed by atoms with Crippen LogP contribution in [0.15, 0.2) is 18.2 Å². The van der Waals surface area contributed by atoms with Crippen LogP contribution in [0, 0.1) is 0 Å².